The first kappa shape index (κ1) is 37.4. The van der Waals surface area contributed by atoms with Gasteiger partial charge in [0.2, 0.25) is 27.7 Å². The second kappa shape index (κ2) is 13.9. The number of aromatic nitrogens is 4. The van der Waals surface area contributed by atoms with Gasteiger partial charge in [-0.05, 0) is 65.7 Å². The molecule has 0 radical (unpaired) electrons. The highest BCUT2D eigenvalue weighted by molar-refractivity contribution is 7.91. The van der Waals surface area contributed by atoms with Crippen LogP contribution in [0.2, 0.25) is 0 Å². The molecule has 0 spiro atoms. The average molecular weight is 739 g/mol. The van der Waals surface area contributed by atoms with Gasteiger partial charge in [-0.2, -0.15) is 4.80 Å². The Labute approximate surface area is 304 Å². The summed E-state index contributed by atoms with van der Waals surface area (Å²) in [6.07, 6.45) is 6.67. The van der Waals surface area contributed by atoms with Gasteiger partial charge in [0, 0.05) is 18.5 Å². The predicted molar refractivity (Wildman–Crippen MR) is 192 cm³/mol. The van der Waals surface area contributed by atoms with E-state index >= 15 is 0 Å². The molecule has 16 heteroatoms. The standard InChI is InChI=1S/C36H50N8O7S/c1-7-24-19-36(24,32(47)41-52(49,50)26-14-15-26)38-30(45)27-18-25-20-43(27)31(46)28(34(2,3)4)37-33(48)51-21-35(5,6)16-9-8-11-22-12-10-13-23(17-22)29-39-42-44(25)40-29/h8,10-13,17,24-28H,7,9,14-16,18-21H2,1-6H3,(H,37,48)(H,38,45)(H,41,47)/b11-8-/t24-,25-,27+,28-,36-/m1/s1. The Hall–Kier alpha value is -4.34. The molecule has 4 aliphatic rings. The highest BCUT2D eigenvalue weighted by Gasteiger charge is 2.62. The van der Waals surface area contributed by atoms with Gasteiger partial charge in [0.25, 0.3) is 5.91 Å². The van der Waals surface area contributed by atoms with Crippen molar-refractivity contribution in [3.05, 3.63) is 35.9 Å². The van der Waals surface area contributed by atoms with E-state index in [0.29, 0.717) is 25.1 Å². The number of rotatable bonds is 6. The van der Waals surface area contributed by atoms with Crippen molar-refractivity contribution in [2.24, 2.45) is 16.7 Å². The molecule has 4 amide bonds. The summed E-state index contributed by atoms with van der Waals surface area (Å²) in [5.41, 5.74) is -0.869. The molecule has 52 heavy (non-hydrogen) atoms. The maximum atomic E-state index is 14.5. The zero-order chi connectivity index (χ0) is 37.6. The summed E-state index contributed by atoms with van der Waals surface area (Å²) >= 11 is 0. The molecule has 1 saturated heterocycles. The summed E-state index contributed by atoms with van der Waals surface area (Å²) in [7, 11) is -3.86. The van der Waals surface area contributed by atoms with Gasteiger partial charge in [0.05, 0.1) is 17.9 Å². The molecule has 2 aromatic rings. The van der Waals surface area contributed by atoms with E-state index in [0.717, 1.165) is 24.0 Å². The third kappa shape index (κ3) is 8.01. The second-order valence-corrected chi connectivity index (χ2v) is 18.5. The Morgan fingerprint density at radius 2 is 1.90 bits per heavy atom. The van der Waals surface area contributed by atoms with Gasteiger partial charge in [-0.3, -0.25) is 19.1 Å². The van der Waals surface area contributed by atoms with Gasteiger partial charge in [-0.1, -0.05) is 78.3 Å². The SMILES string of the molecule is CC[C@@H]1C[C@]1(NC(=O)[C@@H]1C[C@@H]2CN1C(=O)[C@H](C(C)(C)C)NC(=O)OCC(C)(C)CC/C=C\c1cccc(c1)-c1nnn2n1)C(=O)NS(=O)(=O)C1CC1. The lowest BCUT2D eigenvalue weighted by Crippen LogP contribution is -2.60. The number of alkyl carbamates (subject to hydrolysis) is 1. The molecule has 2 aliphatic carbocycles. The number of sulfonamides is 1. The molecule has 3 fully saturated rings. The molecule has 6 bridgehead atoms. The number of nitrogens with zero attached hydrogens (tertiary/aromatic N) is 5. The van der Waals surface area contributed by atoms with E-state index in [1.165, 1.54) is 9.70 Å². The lowest BCUT2D eigenvalue weighted by atomic mass is 9.85. The lowest BCUT2D eigenvalue weighted by Gasteiger charge is -2.35. The van der Waals surface area contributed by atoms with Crippen LogP contribution in [0, 0.1) is 16.7 Å². The average Bonchev–Trinajstić information content (AvgIpc) is 3.96. The fraction of sp³-hybridized carbons (Fsp3) is 0.639. The highest BCUT2D eigenvalue weighted by Crippen LogP contribution is 2.47. The second-order valence-electron chi connectivity index (χ2n) is 16.5. The van der Waals surface area contributed by atoms with Crippen LogP contribution < -0.4 is 15.4 Å². The van der Waals surface area contributed by atoms with Gasteiger partial charge in [-0.25, -0.2) is 13.2 Å². The van der Waals surface area contributed by atoms with Crippen molar-refractivity contribution in [1.29, 1.82) is 0 Å². The summed E-state index contributed by atoms with van der Waals surface area (Å²) in [6, 6.07) is 4.96. The Bertz CT molecular complexity index is 1860. The lowest BCUT2D eigenvalue weighted by molar-refractivity contribution is -0.142. The number of benzene rings is 1. The summed E-state index contributed by atoms with van der Waals surface area (Å²) in [5, 5.41) is 18.3. The van der Waals surface area contributed by atoms with E-state index in [-0.39, 0.29) is 37.3 Å². The summed E-state index contributed by atoms with van der Waals surface area (Å²) in [5.74, 6) is -1.80. The highest BCUT2D eigenvalue weighted by atomic mass is 32.2. The maximum absolute atomic E-state index is 14.5. The Kier molecular flexibility index (Phi) is 10.0. The summed E-state index contributed by atoms with van der Waals surface area (Å²) in [6.45, 7) is 11.4. The Balaban J connectivity index is 1.33. The molecule has 1 aromatic carbocycles. The fourth-order valence-corrected chi connectivity index (χ4v) is 8.41. The van der Waals surface area contributed by atoms with Crippen LogP contribution in [0.1, 0.15) is 98.1 Å². The molecule has 15 nitrogen and oxygen atoms in total. The Morgan fingerprint density at radius 1 is 1.15 bits per heavy atom. The molecule has 6 rings (SSSR count). The molecule has 5 atom stereocenters. The van der Waals surface area contributed by atoms with Crippen LogP contribution in [-0.4, -0.2) is 93.4 Å². The number of carbonyl (C=O) groups is 4. The minimum atomic E-state index is -3.86. The number of hydrogen-bond acceptors (Lipinski definition) is 10. The smallest absolute Gasteiger partial charge is 0.407 e. The summed E-state index contributed by atoms with van der Waals surface area (Å²) < 4.78 is 33.3. The zero-order valence-corrected chi connectivity index (χ0v) is 31.5. The molecule has 3 heterocycles. The van der Waals surface area contributed by atoms with E-state index in [1.54, 1.807) is 0 Å². The van der Waals surface area contributed by atoms with E-state index in [4.69, 9.17) is 4.74 Å². The monoisotopic (exact) mass is 738 g/mol. The normalized spacial score (nSPS) is 28.6. The van der Waals surface area contributed by atoms with Crippen LogP contribution >= 0.6 is 0 Å². The maximum Gasteiger partial charge on any atom is 0.407 e. The number of carbonyl (C=O) groups excluding carboxylic acids is 4. The third-order valence-electron chi connectivity index (χ3n) is 10.6. The number of allylic oxidation sites excluding steroid dienone is 1. The Morgan fingerprint density at radius 3 is 2.58 bits per heavy atom. The van der Waals surface area contributed by atoms with Crippen molar-refractivity contribution >= 4 is 39.9 Å². The van der Waals surface area contributed by atoms with Gasteiger partial charge < -0.3 is 20.3 Å². The molecule has 2 aliphatic heterocycles. The van der Waals surface area contributed by atoms with Gasteiger partial charge in [0.1, 0.15) is 17.6 Å². The summed E-state index contributed by atoms with van der Waals surface area (Å²) in [4.78, 5) is 58.4. The molecular weight excluding hydrogens is 689 g/mol. The van der Waals surface area contributed by atoms with Crippen LogP contribution in [0.3, 0.4) is 0 Å². The van der Waals surface area contributed by atoms with Crippen molar-refractivity contribution in [1.82, 2.24) is 40.5 Å². The molecular formula is C36H50N8O7S. The molecule has 0 unspecified atom stereocenters. The van der Waals surface area contributed by atoms with Crippen molar-refractivity contribution in [2.45, 2.75) is 115 Å². The number of amides is 4. The minimum absolute atomic E-state index is 0.0122. The quantitative estimate of drug-likeness (QED) is 0.396. The number of ether oxygens (including phenoxy) is 1. The number of tetrazole rings is 1. The molecule has 282 valence electrons. The largest absolute Gasteiger partial charge is 0.449 e. The predicted octanol–water partition coefficient (Wildman–Crippen LogP) is 3.35. The van der Waals surface area contributed by atoms with Gasteiger partial charge >= 0.3 is 6.09 Å². The fourth-order valence-electron chi connectivity index (χ4n) is 7.05. The van der Waals surface area contributed by atoms with Crippen LogP contribution in [0.5, 0.6) is 0 Å². The van der Waals surface area contributed by atoms with E-state index in [9.17, 15) is 27.6 Å². The first-order valence-corrected chi connectivity index (χ1v) is 19.7. The number of fused-ring (bicyclic) bond motifs is 8. The first-order valence-electron chi connectivity index (χ1n) is 18.1. The van der Waals surface area contributed by atoms with Gasteiger partial charge in [0.15, 0.2) is 0 Å². The third-order valence-corrected chi connectivity index (χ3v) is 12.4. The molecule has 1 aromatic heterocycles. The topological polar surface area (TPSA) is 195 Å². The van der Waals surface area contributed by atoms with E-state index in [2.05, 4.69) is 36.8 Å². The van der Waals surface area contributed by atoms with Crippen molar-refractivity contribution in [3.63, 3.8) is 0 Å². The number of nitrogens with one attached hydrogen (secondary N) is 3. The van der Waals surface area contributed by atoms with Crippen molar-refractivity contribution in [2.75, 3.05) is 13.2 Å². The molecule has 3 N–H and O–H groups in total. The van der Waals surface area contributed by atoms with Crippen LogP contribution in [0.25, 0.3) is 17.5 Å². The van der Waals surface area contributed by atoms with Crippen molar-refractivity contribution < 1.29 is 32.3 Å². The van der Waals surface area contributed by atoms with Crippen molar-refractivity contribution in [3.8, 4) is 11.4 Å². The minimum Gasteiger partial charge on any atom is -0.449 e. The first-order chi connectivity index (χ1) is 24.4. The number of hydrogen-bond donors (Lipinski definition) is 3. The van der Waals surface area contributed by atoms with Crippen LogP contribution in [-0.2, 0) is 29.1 Å². The van der Waals surface area contributed by atoms with Crippen LogP contribution in [0.4, 0.5) is 4.79 Å². The molecule has 2 saturated carbocycles. The van der Waals surface area contributed by atoms with E-state index in [1.807, 2.05) is 71.9 Å². The van der Waals surface area contributed by atoms with Crippen LogP contribution in [0.15, 0.2) is 30.3 Å². The zero-order valence-electron chi connectivity index (χ0n) is 30.7. The number of cyclic esters (lactones) is 1. The van der Waals surface area contributed by atoms with E-state index < -0.39 is 68.2 Å². The van der Waals surface area contributed by atoms with Gasteiger partial charge in [-0.15, -0.1) is 10.2 Å².